The molecule has 0 atom stereocenters. The Morgan fingerprint density at radius 3 is 2.74 bits per heavy atom. The lowest BCUT2D eigenvalue weighted by Gasteiger charge is -2.04. The Labute approximate surface area is 122 Å². The highest BCUT2D eigenvalue weighted by Gasteiger charge is 2.12. The first-order valence-electron chi connectivity index (χ1n) is 5.80. The van der Waals surface area contributed by atoms with Crippen molar-refractivity contribution in [3.05, 3.63) is 28.5 Å². The molecule has 2 rings (SSSR count). The number of aromatic nitrogens is 2. The average Bonchev–Trinajstić information content (AvgIpc) is 2.74. The van der Waals surface area contributed by atoms with Gasteiger partial charge in [-0.05, 0) is 30.5 Å². The van der Waals surface area contributed by atoms with Crippen LogP contribution in [0.1, 0.15) is 17.8 Å². The minimum Gasteiger partial charge on any atom is -0.341 e. The van der Waals surface area contributed by atoms with Gasteiger partial charge in [-0.25, -0.2) is 13.4 Å². The number of aromatic amines is 1. The fourth-order valence-corrected chi connectivity index (χ4v) is 3.01. The van der Waals surface area contributed by atoms with Crippen LogP contribution in [-0.4, -0.2) is 30.4 Å². The number of hydrogen-bond acceptors (Lipinski definition) is 3. The molecule has 0 aliphatic rings. The highest BCUT2D eigenvalue weighted by molar-refractivity contribution is 7.90. The summed E-state index contributed by atoms with van der Waals surface area (Å²) < 4.78 is 22.3. The molecule has 0 radical (unpaired) electrons. The van der Waals surface area contributed by atoms with Crippen molar-refractivity contribution >= 4 is 44.1 Å². The van der Waals surface area contributed by atoms with E-state index in [9.17, 15) is 8.42 Å². The van der Waals surface area contributed by atoms with E-state index in [0.717, 1.165) is 16.6 Å². The summed E-state index contributed by atoms with van der Waals surface area (Å²) in [7, 11) is -2.95. The van der Waals surface area contributed by atoms with Gasteiger partial charge in [-0.1, -0.05) is 11.6 Å². The molecule has 0 aliphatic heterocycles. The van der Waals surface area contributed by atoms with Crippen LogP contribution in [0.15, 0.2) is 12.1 Å². The number of benzene rings is 1. The minimum atomic E-state index is -2.95. The van der Waals surface area contributed by atoms with Crippen molar-refractivity contribution in [1.82, 2.24) is 9.97 Å². The summed E-state index contributed by atoms with van der Waals surface area (Å²) in [6.07, 6.45) is 2.34. The van der Waals surface area contributed by atoms with E-state index in [1.165, 1.54) is 6.26 Å². The Morgan fingerprint density at radius 1 is 1.37 bits per heavy atom. The largest absolute Gasteiger partial charge is 0.341 e. The van der Waals surface area contributed by atoms with Crippen LogP contribution in [0.4, 0.5) is 0 Å². The summed E-state index contributed by atoms with van der Waals surface area (Å²) in [6, 6.07) is 3.64. The summed E-state index contributed by atoms with van der Waals surface area (Å²) in [6.45, 7) is 0. The van der Waals surface area contributed by atoms with Gasteiger partial charge in [0.25, 0.3) is 0 Å². The van der Waals surface area contributed by atoms with Gasteiger partial charge in [0.2, 0.25) is 0 Å². The molecule has 7 heteroatoms. The number of aryl methyl sites for hydroxylation is 1. The third kappa shape index (κ3) is 3.61. The Morgan fingerprint density at radius 2 is 2.11 bits per heavy atom. The lowest BCUT2D eigenvalue weighted by molar-refractivity contribution is 0.599. The van der Waals surface area contributed by atoms with Crippen LogP contribution in [0.25, 0.3) is 11.0 Å². The fraction of sp³-hybridized carbons (Fsp3) is 0.417. The van der Waals surface area contributed by atoms with E-state index >= 15 is 0 Å². The standard InChI is InChI=1S/C12H14Cl2N2O2S/c1-19(17,18)6-2-3-8-9(14)4-5-10-12(8)16-11(7-13)15-10/h4-5H,2-3,6-7H2,1H3,(H,15,16). The Hall–Kier alpha value is -0.780. The highest BCUT2D eigenvalue weighted by atomic mass is 35.5. The first-order valence-corrected chi connectivity index (χ1v) is 8.77. The van der Waals surface area contributed by atoms with Gasteiger partial charge in [-0.2, -0.15) is 0 Å². The SMILES string of the molecule is CS(=O)(=O)CCCc1c(Cl)ccc2[nH]c(CCl)nc12. The molecular weight excluding hydrogens is 307 g/mol. The van der Waals surface area contributed by atoms with Crippen molar-refractivity contribution in [3.63, 3.8) is 0 Å². The van der Waals surface area contributed by atoms with Crippen molar-refractivity contribution < 1.29 is 8.42 Å². The van der Waals surface area contributed by atoms with Gasteiger partial charge in [0, 0.05) is 11.3 Å². The summed E-state index contributed by atoms with van der Waals surface area (Å²) in [5, 5.41) is 0.605. The monoisotopic (exact) mass is 320 g/mol. The smallest absolute Gasteiger partial charge is 0.147 e. The second-order valence-electron chi connectivity index (χ2n) is 4.47. The highest BCUT2D eigenvalue weighted by Crippen LogP contribution is 2.26. The molecule has 0 fully saturated rings. The number of rotatable bonds is 5. The molecular formula is C12H14Cl2N2O2S. The van der Waals surface area contributed by atoms with Crippen molar-refractivity contribution in [2.45, 2.75) is 18.7 Å². The van der Waals surface area contributed by atoms with Gasteiger partial charge in [-0.3, -0.25) is 0 Å². The molecule has 0 amide bonds. The van der Waals surface area contributed by atoms with Gasteiger partial charge in [0.15, 0.2) is 0 Å². The Balaban J connectivity index is 2.30. The third-order valence-corrected chi connectivity index (χ3v) is 4.46. The van der Waals surface area contributed by atoms with Crippen LogP contribution in [-0.2, 0) is 22.1 Å². The number of hydrogen-bond donors (Lipinski definition) is 1. The van der Waals surface area contributed by atoms with Gasteiger partial charge in [0.05, 0.1) is 22.7 Å². The van der Waals surface area contributed by atoms with Gasteiger partial charge >= 0.3 is 0 Å². The first kappa shape index (κ1) is 14.6. The zero-order valence-electron chi connectivity index (χ0n) is 10.4. The molecule has 4 nitrogen and oxygen atoms in total. The number of nitrogens with one attached hydrogen (secondary N) is 1. The van der Waals surface area contributed by atoms with Crippen LogP contribution in [0.2, 0.25) is 5.02 Å². The van der Waals surface area contributed by atoms with Crippen LogP contribution in [0.3, 0.4) is 0 Å². The van der Waals surface area contributed by atoms with E-state index in [1.54, 1.807) is 6.07 Å². The van der Waals surface area contributed by atoms with Crippen LogP contribution >= 0.6 is 23.2 Å². The van der Waals surface area contributed by atoms with Crippen molar-refractivity contribution in [3.8, 4) is 0 Å². The first-order chi connectivity index (χ1) is 8.90. The van der Waals surface area contributed by atoms with Crippen molar-refractivity contribution in [2.24, 2.45) is 0 Å². The van der Waals surface area contributed by atoms with Crippen LogP contribution < -0.4 is 0 Å². The molecule has 0 unspecified atom stereocenters. The molecule has 1 aromatic heterocycles. The lowest BCUT2D eigenvalue weighted by atomic mass is 10.1. The second-order valence-corrected chi connectivity index (χ2v) is 7.41. The van der Waals surface area contributed by atoms with E-state index in [0.29, 0.717) is 29.6 Å². The van der Waals surface area contributed by atoms with E-state index < -0.39 is 9.84 Å². The number of alkyl halides is 1. The molecule has 0 saturated heterocycles. The number of halogens is 2. The normalized spacial score (nSPS) is 12.2. The zero-order chi connectivity index (χ0) is 14.0. The molecule has 0 bridgehead atoms. The third-order valence-electron chi connectivity index (χ3n) is 2.82. The number of fused-ring (bicyclic) bond motifs is 1. The molecule has 0 spiro atoms. The lowest BCUT2D eigenvalue weighted by Crippen LogP contribution is -2.04. The number of H-pyrrole nitrogens is 1. The number of sulfone groups is 1. The molecule has 1 heterocycles. The van der Waals surface area contributed by atoms with E-state index in [4.69, 9.17) is 23.2 Å². The Kier molecular flexibility index (Phi) is 4.38. The summed E-state index contributed by atoms with van der Waals surface area (Å²) in [5.41, 5.74) is 2.52. The molecule has 0 saturated carbocycles. The topological polar surface area (TPSA) is 62.8 Å². The summed E-state index contributed by atoms with van der Waals surface area (Å²) in [4.78, 5) is 7.49. The maximum absolute atomic E-state index is 11.1. The van der Waals surface area contributed by atoms with E-state index in [2.05, 4.69) is 9.97 Å². The molecule has 1 N–H and O–H groups in total. The average molecular weight is 321 g/mol. The quantitative estimate of drug-likeness (QED) is 0.861. The van der Waals surface area contributed by atoms with E-state index in [1.807, 2.05) is 6.07 Å². The maximum Gasteiger partial charge on any atom is 0.147 e. The fourth-order valence-electron chi connectivity index (χ4n) is 1.97. The van der Waals surface area contributed by atoms with Crippen molar-refractivity contribution in [1.29, 1.82) is 0 Å². The van der Waals surface area contributed by atoms with E-state index in [-0.39, 0.29) is 5.75 Å². The predicted octanol–water partition coefficient (Wildman–Crippen LogP) is 2.93. The van der Waals surface area contributed by atoms with Crippen LogP contribution in [0, 0.1) is 0 Å². The van der Waals surface area contributed by atoms with Crippen LogP contribution in [0.5, 0.6) is 0 Å². The van der Waals surface area contributed by atoms with Crippen molar-refractivity contribution in [2.75, 3.05) is 12.0 Å². The minimum absolute atomic E-state index is 0.145. The molecule has 104 valence electrons. The Bertz CT molecular complexity index is 695. The summed E-state index contributed by atoms with van der Waals surface area (Å²) in [5.74, 6) is 1.13. The van der Waals surface area contributed by atoms with Gasteiger partial charge in [0.1, 0.15) is 15.7 Å². The number of nitrogens with zero attached hydrogens (tertiary/aromatic N) is 1. The molecule has 2 aromatic rings. The predicted molar refractivity (Wildman–Crippen MR) is 78.7 cm³/mol. The second kappa shape index (κ2) is 5.69. The van der Waals surface area contributed by atoms with Gasteiger partial charge < -0.3 is 4.98 Å². The summed E-state index contributed by atoms with van der Waals surface area (Å²) >= 11 is 11.9. The van der Waals surface area contributed by atoms with Gasteiger partial charge in [-0.15, -0.1) is 11.6 Å². The number of imidazole rings is 1. The zero-order valence-corrected chi connectivity index (χ0v) is 12.7. The molecule has 19 heavy (non-hydrogen) atoms. The molecule has 1 aromatic carbocycles. The molecule has 0 aliphatic carbocycles. The maximum atomic E-state index is 11.1.